The van der Waals surface area contributed by atoms with Gasteiger partial charge in [0.1, 0.15) is 23.2 Å². The summed E-state index contributed by atoms with van der Waals surface area (Å²) in [5, 5.41) is 6.34. The van der Waals surface area contributed by atoms with Crippen molar-refractivity contribution in [2.75, 3.05) is 10.6 Å². The van der Waals surface area contributed by atoms with E-state index in [1.807, 2.05) is 6.07 Å². The third-order valence-electron chi connectivity index (χ3n) is 3.27. The van der Waals surface area contributed by atoms with Crippen LogP contribution in [0.15, 0.2) is 54.6 Å². The highest BCUT2D eigenvalue weighted by molar-refractivity contribution is 6.30. The molecule has 0 fully saturated rings. The molecular weight excluding hydrogens is 343 g/mol. The van der Waals surface area contributed by atoms with Crippen LogP contribution in [0.2, 0.25) is 5.02 Å². The maximum absolute atomic E-state index is 12.9. The molecule has 0 bridgehead atoms. The molecule has 126 valence electrons. The summed E-state index contributed by atoms with van der Waals surface area (Å²) < 4.78 is 12.9. The maximum Gasteiger partial charge on any atom is 0.274 e. The Morgan fingerprint density at radius 3 is 2.52 bits per heavy atom. The van der Waals surface area contributed by atoms with Gasteiger partial charge < -0.3 is 10.6 Å². The van der Waals surface area contributed by atoms with E-state index in [-0.39, 0.29) is 11.5 Å². The molecule has 0 aliphatic heterocycles. The van der Waals surface area contributed by atoms with E-state index < -0.39 is 5.91 Å². The van der Waals surface area contributed by atoms with E-state index in [4.69, 9.17) is 11.6 Å². The van der Waals surface area contributed by atoms with Crippen LogP contribution in [-0.2, 0) is 0 Å². The number of hydrogen-bond acceptors (Lipinski definition) is 4. The highest BCUT2D eigenvalue weighted by atomic mass is 35.5. The predicted molar refractivity (Wildman–Crippen MR) is 95.9 cm³/mol. The molecule has 0 radical (unpaired) electrons. The number of carbonyl (C=O) groups excluding carboxylic acids is 1. The van der Waals surface area contributed by atoms with Crippen LogP contribution in [-0.4, -0.2) is 15.9 Å². The van der Waals surface area contributed by atoms with E-state index in [0.29, 0.717) is 22.4 Å². The molecule has 5 nitrogen and oxygen atoms in total. The number of hydrogen-bond donors (Lipinski definition) is 2. The van der Waals surface area contributed by atoms with Crippen molar-refractivity contribution in [2.24, 2.45) is 0 Å². The minimum absolute atomic E-state index is 0.196. The number of anilines is 3. The third kappa shape index (κ3) is 4.51. The van der Waals surface area contributed by atoms with Crippen molar-refractivity contribution in [2.45, 2.75) is 6.92 Å². The molecule has 3 rings (SSSR count). The van der Waals surface area contributed by atoms with E-state index >= 15 is 0 Å². The van der Waals surface area contributed by atoms with Crippen LogP contribution in [0.5, 0.6) is 0 Å². The fourth-order valence-corrected chi connectivity index (χ4v) is 2.38. The van der Waals surface area contributed by atoms with Crippen LogP contribution in [0, 0.1) is 12.7 Å². The van der Waals surface area contributed by atoms with Crippen LogP contribution >= 0.6 is 11.6 Å². The number of nitrogens with one attached hydrogen (secondary N) is 2. The van der Waals surface area contributed by atoms with Gasteiger partial charge in [0.15, 0.2) is 0 Å². The summed E-state index contributed by atoms with van der Waals surface area (Å²) in [5.74, 6) is 0.130. The first-order valence-electron chi connectivity index (χ1n) is 7.45. The number of aryl methyl sites for hydroxylation is 1. The fraction of sp³-hybridized carbons (Fsp3) is 0.0556. The maximum atomic E-state index is 12.9. The predicted octanol–water partition coefficient (Wildman–Crippen LogP) is 4.57. The third-order valence-corrected chi connectivity index (χ3v) is 3.50. The van der Waals surface area contributed by atoms with Gasteiger partial charge in [-0.3, -0.25) is 4.79 Å². The Bertz CT molecular complexity index is 915. The molecule has 0 unspecified atom stereocenters. The lowest BCUT2D eigenvalue weighted by Crippen LogP contribution is -2.15. The fourth-order valence-electron chi connectivity index (χ4n) is 2.19. The first-order chi connectivity index (χ1) is 12.0. The zero-order valence-electron chi connectivity index (χ0n) is 13.3. The number of amides is 1. The smallest absolute Gasteiger partial charge is 0.274 e. The highest BCUT2D eigenvalue weighted by Gasteiger charge is 2.11. The molecule has 1 aromatic heterocycles. The summed E-state index contributed by atoms with van der Waals surface area (Å²) in [4.78, 5) is 20.8. The van der Waals surface area contributed by atoms with E-state index in [9.17, 15) is 9.18 Å². The summed E-state index contributed by atoms with van der Waals surface area (Å²) in [6.45, 7) is 1.69. The lowest BCUT2D eigenvalue weighted by molar-refractivity contribution is 0.102. The van der Waals surface area contributed by atoms with E-state index in [2.05, 4.69) is 20.6 Å². The van der Waals surface area contributed by atoms with Crippen LogP contribution in [0.25, 0.3) is 0 Å². The number of aromatic nitrogens is 2. The lowest BCUT2D eigenvalue weighted by Gasteiger charge is -2.09. The topological polar surface area (TPSA) is 66.9 Å². The van der Waals surface area contributed by atoms with Gasteiger partial charge in [0.25, 0.3) is 5.91 Å². The van der Waals surface area contributed by atoms with Gasteiger partial charge in [-0.2, -0.15) is 0 Å². The molecule has 25 heavy (non-hydrogen) atoms. The quantitative estimate of drug-likeness (QED) is 0.718. The summed E-state index contributed by atoms with van der Waals surface area (Å²) in [7, 11) is 0. The molecule has 0 saturated carbocycles. The second kappa shape index (κ2) is 7.27. The molecule has 2 aromatic carbocycles. The van der Waals surface area contributed by atoms with Crippen molar-refractivity contribution < 1.29 is 9.18 Å². The van der Waals surface area contributed by atoms with Crippen LogP contribution < -0.4 is 10.6 Å². The van der Waals surface area contributed by atoms with Crippen LogP contribution in [0.1, 0.15) is 16.3 Å². The second-order valence-electron chi connectivity index (χ2n) is 5.28. The van der Waals surface area contributed by atoms with Gasteiger partial charge in [-0.1, -0.05) is 17.7 Å². The average molecular weight is 357 g/mol. The molecule has 0 aliphatic carbocycles. The lowest BCUT2D eigenvalue weighted by atomic mass is 10.3. The summed E-state index contributed by atoms with van der Waals surface area (Å²) in [6, 6.07) is 14.2. The Morgan fingerprint density at radius 1 is 1.04 bits per heavy atom. The van der Waals surface area contributed by atoms with Gasteiger partial charge in [-0.05, 0) is 49.4 Å². The zero-order chi connectivity index (χ0) is 17.8. The Hall–Kier alpha value is -2.99. The first-order valence-corrected chi connectivity index (χ1v) is 7.82. The molecule has 1 heterocycles. The Labute approximate surface area is 148 Å². The molecule has 0 spiro atoms. The largest absolute Gasteiger partial charge is 0.340 e. The standard InChI is InChI=1S/C18H14ClFN4O/c1-11-21-16(18(25)24-14-7-5-13(20)6-8-14)10-17(22-11)23-15-4-2-3-12(19)9-15/h2-10H,1H3,(H,24,25)(H,21,22,23). The van der Waals surface area contributed by atoms with Crippen molar-refractivity contribution in [3.63, 3.8) is 0 Å². The molecule has 0 saturated heterocycles. The summed E-state index contributed by atoms with van der Waals surface area (Å²) in [5.41, 5.74) is 1.42. The van der Waals surface area contributed by atoms with Crippen molar-refractivity contribution in [3.05, 3.63) is 77.0 Å². The van der Waals surface area contributed by atoms with Crippen molar-refractivity contribution in [1.29, 1.82) is 0 Å². The van der Waals surface area contributed by atoms with Gasteiger partial charge in [-0.15, -0.1) is 0 Å². The van der Waals surface area contributed by atoms with E-state index in [0.717, 1.165) is 5.69 Å². The van der Waals surface area contributed by atoms with Crippen LogP contribution in [0.3, 0.4) is 0 Å². The SMILES string of the molecule is Cc1nc(Nc2cccc(Cl)c2)cc(C(=O)Nc2ccc(F)cc2)n1. The summed E-state index contributed by atoms with van der Waals surface area (Å²) in [6.07, 6.45) is 0. The van der Waals surface area contributed by atoms with Gasteiger partial charge in [0.05, 0.1) is 0 Å². The minimum Gasteiger partial charge on any atom is -0.340 e. The Balaban J connectivity index is 1.80. The van der Waals surface area contributed by atoms with Crippen molar-refractivity contribution in [1.82, 2.24) is 9.97 Å². The number of halogens is 2. The Morgan fingerprint density at radius 2 is 1.80 bits per heavy atom. The van der Waals surface area contributed by atoms with Gasteiger partial charge >= 0.3 is 0 Å². The Kier molecular flexibility index (Phi) is 4.90. The zero-order valence-corrected chi connectivity index (χ0v) is 14.0. The molecule has 2 N–H and O–H groups in total. The normalized spacial score (nSPS) is 10.4. The number of benzene rings is 2. The average Bonchev–Trinajstić information content (AvgIpc) is 2.56. The number of carbonyl (C=O) groups is 1. The molecule has 7 heteroatoms. The first kappa shape index (κ1) is 16.9. The van der Waals surface area contributed by atoms with Crippen molar-refractivity contribution in [3.8, 4) is 0 Å². The van der Waals surface area contributed by atoms with Gasteiger partial charge in [-0.25, -0.2) is 14.4 Å². The van der Waals surface area contributed by atoms with Gasteiger partial charge in [0, 0.05) is 22.5 Å². The number of nitrogens with zero attached hydrogens (tertiary/aromatic N) is 2. The molecular formula is C18H14ClFN4O. The number of rotatable bonds is 4. The van der Waals surface area contributed by atoms with Gasteiger partial charge in [0.2, 0.25) is 0 Å². The molecule has 1 amide bonds. The summed E-state index contributed by atoms with van der Waals surface area (Å²) >= 11 is 5.96. The minimum atomic E-state index is -0.411. The molecule has 0 aliphatic rings. The van der Waals surface area contributed by atoms with Crippen molar-refractivity contribution >= 4 is 34.7 Å². The van der Waals surface area contributed by atoms with Crippen LogP contribution in [0.4, 0.5) is 21.6 Å². The molecule has 3 aromatic rings. The molecule has 0 atom stereocenters. The monoisotopic (exact) mass is 356 g/mol. The highest BCUT2D eigenvalue weighted by Crippen LogP contribution is 2.20. The van der Waals surface area contributed by atoms with E-state index in [1.54, 1.807) is 25.1 Å². The second-order valence-corrected chi connectivity index (χ2v) is 5.72. The van der Waals surface area contributed by atoms with E-state index in [1.165, 1.54) is 30.3 Å².